The fourth-order valence-electron chi connectivity index (χ4n) is 1.95. The molecule has 1 aromatic carbocycles. The summed E-state index contributed by atoms with van der Waals surface area (Å²) in [5, 5.41) is 3.29. The molecule has 0 heterocycles. The van der Waals surface area contributed by atoms with Crippen LogP contribution in [0.15, 0.2) is 30.4 Å². The Morgan fingerprint density at radius 1 is 1.27 bits per heavy atom. The molecule has 0 aliphatic carbocycles. The predicted molar refractivity (Wildman–Crippen MR) is 67.3 cm³/mol. The van der Waals surface area contributed by atoms with Gasteiger partial charge < -0.3 is 5.32 Å². The fourth-order valence-corrected chi connectivity index (χ4v) is 1.95. The van der Waals surface area contributed by atoms with E-state index in [9.17, 15) is 0 Å². The summed E-state index contributed by atoms with van der Waals surface area (Å²) < 4.78 is 0. The molecule has 0 saturated carbocycles. The molecule has 1 unspecified atom stereocenters. The van der Waals surface area contributed by atoms with E-state index in [4.69, 9.17) is 0 Å². The Morgan fingerprint density at radius 3 is 2.20 bits per heavy atom. The Bertz CT molecular complexity index is 332. The Labute approximate surface area is 93.2 Å². The third-order valence-electron chi connectivity index (χ3n) is 2.66. The van der Waals surface area contributed by atoms with Crippen molar-refractivity contribution < 1.29 is 0 Å². The van der Waals surface area contributed by atoms with E-state index in [1.165, 1.54) is 22.3 Å². The summed E-state index contributed by atoms with van der Waals surface area (Å²) in [6.45, 7) is 10.4. The number of rotatable bonds is 4. The van der Waals surface area contributed by atoms with E-state index in [1.807, 2.05) is 7.05 Å². The largest absolute Gasteiger partial charge is 0.313 e. The van der Waals surface area contributed by atoms with Crippen LogP contribution in [0.5, 0.6) is 0 Å². The maximum Gasteiger partial charge on any atom is 0.0311 e. The Hall–Kier alpha value is -1.08. The van der Waals surface area contributed by atoms with Crippen LogP contribution in [0.2, 0.25) is 0 Å². The minimum Gasteiger partial charge on any atom is -0.313 e. The highest BCUT2D eigenvalue weighted by Gasteiger charge is 2.07. The zero-order valence-corrected chi connectivity index (χ0v) is 10.2. The van der Waals surface area contributed by atoms with E-state index in [1.54, 1.807) is 0 Å². The zero-order valence-electron chi connectivity index (χ0n) is 10.2. The zero-order chi connectivity index (χ0) is 11.4. The molecule has 1 rings (SSSR count). The highest BCUT2D eigenvalue weighted by Crippen LogP contribution is 2.13. The number of hydrogen-bond acceptors (Lipinski definition) is 1. The second kappa shape index (κ2) is 5.13. The molecule has 1 aromatic rings. The van der Waals surface area contributed by atoms with E-state index in [0.717, 1.165) is 6.42 Å². The van der Waals surface area contributed by atoms with E-state index < -0.39 is 0 Å². The van der Waals surface area contributed by atoms with E-state index >= 15 is 0 Å². The summed E-state index contributed by atoms with van der Waals surface area (Å²) in [7, 11) is 1.99. The standard InChI is InChI=1S/C14H21N/c1-10(2)14(15-5)9-13-7-11(3)6-12(4)8-13/h6-8,14-15H,1,9H2,2-5H3. The van der Waals surface area contributed by atoms with Gasteiger partial charge in [-0.1, -0.05) is 41.5 Å². The highest BCUT2D eigenvalue weighted by atomic mass is 14.9. The van der Waals surface area contributed by atoms with Crippen LogP contribution in [0.25, 0.3) is 0 Å². The van der Waals surface area contributed by atoms with Crippen LogP contribution in [0.4, 0.5) is 0 Å². The van der Waals surface area contributed by atoms with Gasteiger partial charge in [0, 0.05) is 6.04 Å². The minimum absolute atomic E-state index is 0.381. The van der Waals surface area contributed by atoms with Crippen molar-refractivity contribution in [2.75, 3.05) is 7.05 Å². The third kappa shape index (κ3) is 3.52. The minimum atomic E-state index is 0.381. The van der Waals surface area contributed by atoms with Gasteiger partial charge in [-0.2, -0.15) is 0 Å². The molecule has 1 nitrogen and oxygen atoms in total. The normalized spacial score (nSPS) is 12.5. The topological polar surface area (TPSA) is 12.0 Å². The highest BCUT2D eigenvalue weighted by molar-refractivity contribution is 5.30. The van der Waals surface area contributed by atoms with Gasteiger partial charge in [0.25, 0.3) is 0 Å². The lowest BCUT2D eigenvalue weighted by atomic mass is 9.98. The maximum absolute atomic E-state index is 4.00. The van der Waals surface area contributed by atoms with Crippen molar-refractivity contribution in [1.82, 2.24) is 5.32 Å². The van der Waals surface area contributed by atoms with E-state index in [-0.39, 0.29) is 0 Å². The number of nitrogens with one attached hydrogen (secondary N) is 1. The second-order valence-corrected chi connectivity index (χ2v) is 4.39. The van der Waals surface area contributed by atoms with Crippen LogP contribution in [0.3, 0.4) is 0 Å². The molecule has 15 heavy (non-hydrogen) atoms. The van der Waals surface area contributed by atoms with Gasteiger partial charge in [-0.15, -0.1) is 0 Å². The summed E-state index contributed by atoms with van der Waals surface area (Å²) in [4.78, 5) is 0. The van der Waals surface area contributed by atoms with Gasteiger partial charge in [0.05, 0.1) is 0 Å². The summed E-state index contributed by atoms with van der Waals surface area (Å²) >= 11 is 0. The van der Waals surface area contributed by atoms with Crippen molar-refractivity contribution in [2.24, 2.45) is 0 Å². The lowest BCUT2D eigenvalue weighted by Gasteiger charge is -2.16. The molecule has 1 atom stereocenters. The molecule has 82 valence electrons. The molecule has 0 bridgehead atoms. The van der Waals surface area contributed by atoms with Gasteiger partial charge >= 0.3 is 0 Å². The van der Waals surface area contributed by atoms with Gasteiger partial charge in [0.1, 0.15) is 0 Å². The first-order chi connectivity index (χ1) is 7.02. The maximum atomic E-state index is 4.00. The predicted octanol–water partition coefficient (Wildman–Crippen LogP) is 3.01. The number of hydrogen-bond donors (Lipinski definition) is 1. The smallest absolute Gasteiger partial charge is 0.0311 e. The average Bonchev–Trinajstić information content (AvgIpc) is 2.12. The van der Waals surface area contributed by atoms with Crippen LogP contribution in [0.1, 0.15) is 23.6 Å². The first-order valence-corrected chi connectivity index (χ1v) is 5.42. The molecule has 0 aliphatic rings. The summed E-state index contributed by atoms with van der Waals surface area (Å²) in [5.74, 6) is 0. The van der Waals surface area contributed by atoms with Crippen molar-refractivity contribution in [1.29, 1.82) is 0 Å². The Balaban J connectivity index is 2.83. The van der Waals surface area contributed by atoms with Crippen molar-refractivity contribution >= 4 is 0 Å². The second-order valence-electron chi connectivity index (χ2n) is 4.39. The molecule has 0 aliphatic heterocycles. The molecule has 0 radical (unpaired) electrons. The monoisotopic (exact) mass is 203 g/mol. The molecular weight excluding hydrogens is 182 g/mol. The molecular formula is C14H21N. The lowest BCUT2D eigenvalue weighted by molar-refractivity contribution is 0.633. The van der Waals surface area contributed by atoms with Crippen LogP contribution in [-0.4, -0.2) is 13.1 Å². The Morgan fingerprint density at radius 2 is 1.80 bits per heavy atom. The van der Waals surface area contributed by atoms with Gasteiger partial charge in [-0.25, -0.2) is 0 Å². The molecule has 0 amide bonds. The molecule has 0 fully saturated rings. The number of aryl methyl sites for hydroxylation is 2. The summed E-state index contributed by atoms with van der Waals surface area (Å²) in [5.41, 5.74) is 5.25. The summed E-state index contributed by atoms with van der Waals surface area (Å²) in [6.07, 6.45) is 1.02. The molecule has 1 heteroatoms. The van der Waals surface area contributed by atoms with Crippen LogP contribution in [0, 0.1) is 13.8 Å². The van der Waals surface area contributed by atoms with E-state index in [2.05, 4.69) is 50.9 Å². The van der Waals surface area contributed by atoms with Crippen LogP contribution in [-0.2, 0) is 6.42 Å². The van der Waals surface area contributed by atoms with Crippen molar-refractivity contribution in [3.8, 4) is 0 Å². The lowest BCUT2D eigenvalue weighted by Crippen LogP contribution is -2.28. The van der Waals surface area contributed by atoms with Gasteiger partial charge in [-0.05, 0) is 39.8 Å². The molecule has 1 N–H and O–H groups in total. The van der Waals surface area contributed by atoms with Crippen molar-refractivity contribution in [3.05, 3.63) is 47.0 Å². The molecule has 0 aromatic heterocycles. The Kier molecular flexibility index (Phi) is 4.10. The SMILES string of the molecule is C=C(C)C(Cc1cc(C)cc(C)c1)NC. The van der Waals surface area contributed by atoms with Crippen LogP contribution < -0.4 is 5.32 Å². The van der Waals surface area contributed by atoms with Gasteiger partial charge in [-0.3, -0.25) is 0 Å². The average molecular weight is 203 g/mol. The quantitative estimate of drug-likeness (QED) is 0.742. The number of likely N-dealkylation sites (N-methyl/N-ethyl adjacent to an activating group) is 1. The molecule has 0 saturated heterocycles. The molecule has 0 spiro atoms. The van der Waals surface area contributed by atoms with Gasteiger partial charge in [0.2, 0.25) is 0 Å². The van der Waals surface area contributed by atoms with Gasteiger partial charge in [0.15, 0.2) is 0 Å². The third-order valence-corrected chi connectivity index (χ3v) is 2.66. The first kappa shape index (κ1) is 12.0. The van der Waals surface area contributed by atoms with Crippen molar-refractivity contribution in [2.45, 2.75) is 33.2 Å². The van der Waals surface area contributed by atoms with Crippen molar-refractivity contribution in [3.63, 3.8) is 0 Å². The fraction of sp³-hybridized carbons (Fsp3) is 0.429. The first-order valence-electron chi connectivity index (χ1n) is 5.42. The number of benzene rings is 1. The summed E-state index contributed by atoms with van der Waals surface area (Å²) in [6, 6.07) is 7.09. The van der Waals surface area contributed by atoms with Crippen LogP contribution >= 0.6 is 0 Å². The van der Waals surface area contributed by atoms with E-state index in [0.29, 0.717) is 6.04 Å².